The standard InChI is InChI=1S/C18H16ClN5O2/c1-12-14(19)5-2-6-15(12)23-11-22(9-17(23)26)16(25)10-24-18-13(8-21-24)4-3-7-20-18/h2-8H,9-11H2,1H3. The van der Waals surface area contributed by atoms with Crippen molar-refractivity contribution in [3.05, 3.63) is 53.3 Å². The number of fused-ring (bicyclic) bond motifs is 1. The third kappa shape index (κ3) is 2.80. The highest BCUT2D eigenvalue weighted by Crippen LogP contribution is 2.28. The van der Waals surface area contributed by atoms with Crippen LogP contribution in [-0.4, -0.2) is 44.7 Å². The number of hydrogen-bond acceptors (Lipinski definition) is 4. The van der Waals surface area contributed by atoms with Crippen LogP contribution >= 0.6 is 11.6 Å². The smallest absolute Gasteiger partial charge is 0.248 e. The van der Waals surface area contributed by atoms with E-state index in [9.17, 15) is 9.59 Å². The molecule has 0 aliphatic carbocycles. The lowest BCUT2D eigenvalue weighted by atomic mass is 10.2. The Morgan fingerprint density at radius 1 is 1.27 bits per heavy atom. The predicted molar refractivity (Wildman–Crippen MR) is 97.8 cm³/mol. The highest BCUT2D eigenvalue weighted by atomic mass is 35.5. The summed E-state index contributed by atoms with van der Waals surface area (Å²) in [5.74, 6) is -0.316. The second kappa shape index (κ2) is 6.42. The zero-order valence-corrected chi connectivity index (χ0v) is 14.8. The van der Waals surface area contributed by atoms with Gasteiger partial charge in [0.1, 0.15) is 19.8 Å². The number of aromatic nitrogens is 3. The van der Waals surface area contributed by atoms with Gasteiger partial charge in [0.25, 0.3) is 0 Å². The van der Waals surface area contributed by atoms with Crippen molar-refractivity contribution in [2.24, 2.45) is 0 Å². The molecular formula is C18H16ClN5O2. The molecule has 2 amide bonds. The van der Waals surface area contributed by atoms with E-state index in [0.29, 0.717) is 10.7 Å². The number of pyridine rings is 1. The van der Waals surface area contributed by atoms with Gasteiger partial charge in [0.15, 0.2) is 5.65 Å². The lowest BCUT2D eigenvalue weighted by Gasteiger charge is -2.20. The zero-order valence-electron chi connectivity index (χ0n) is 14.1. The van der Waals surface area contributed by atoms with Crippen LogP contribution in [0.25, 0.3) is 11.0 Å². The van der Waals surface area contributed by atoms with Crippen LogP contribution in [0.15, 0.2) is 42.7 Å². The summed E-state index contributed by atoms with van der Waals surface area (Å²) in [5, 5.41) is 5.68. The normalized spacial score (nSPS) is 14.5. The molecule has 1 aliphatic heterocycles. The molecule has 1 saturated heterocycles. The van der Waals surface area contributed by atoms with Crippen molar-refractivity contribution in [3.8, 4) is 0 Å². The summed E-state index contributed by atoms with van der Waals surface area (Å²) >= 11 is 6.15. The van der Waals surface area contributed by atoms with Crippen LogP contribution in [0.4, 0.5) is 5.69 Å². The Balaban J connectivity index is 1.53. The summed E-state index contributed by atoms with van der Waals surface area (Å²) in [6, 6.07) is 9.11. The number of halogens is 1. The van der Waals surface area contributed by atoms with Crippen molar-refractivity contribution < 1.29 is 9.59 Å². The minimum absolute atomic E-state index is 0.0379. The van der Waals surface area contributed by atoms with Crippen molar-refractivity contribution in [1.82, 2.24) is 19.7 Å². The highest BCUT2D eigenvalue weighted by Gasteiger charge is 2.32. The fourth-order valence-corrected chi connectivity index (χ4v) is 3.24. The predicted octanol–water partition coefficient (Wildman–Crippen LogP) is 2.23. The molecule has 0 saturated carbocycles. The van der Waals surface area contributed by atoms with Gasteiger partial charge in [-0.2, -0.15) is 5.10 Å². The van der Waals surface area contributed by atoms with Crippen molar-refractivity contribution in [3.63, 3.8) is 0 Å². The first kappa shape index (κ1) is 16.5. The third-order valence-corrected chi connectivity index (χ3v) is 4.91. The second-order valence-electron chi connectivity index (χ2n) is 6.16. The van der Waals surface area contributed by atoms with Crippen molar-refractivity contribution in [2.75, 3.05) is 18.1 Å². The molecule has 132 valence electrons. The fraction of sp³-hybridized carbons (Fsp3) is 0.222. The van der Waals surface area contributed by atoms with E-state index in [1.807, 2.05) is 25.1 Å². The number of carbonyl (C=O) groups excluding carboxylic acids is 2. The Morgan fingerprint density at radius 3 is 2.96 bits per heavy atom. The first-order chi connectivity index (χ1) is 12.5. The van der Waals surface area contributed by atoms with Crippen LogP contribution in [0.3, 0.4) is 0 Å². The average Bonchev–Trinajstić information content (AvgIpc) is 3.22. The molecule has 26 heavy (non-hydrogen) atoms. The van der Waals surface area contributed by atoms with Crippen LogP contribution in [0.1, 0.15) is 5.56 Å². The summed E-state index contributed by atoms with van der Waals surface area (Å²) in [4.78, 5) is 32.4. The van der Waals surface area contributed by atoms with E-state index < -0.39 is 0 Å². The molecule has 0 radical (unpaired) electrons. The van der Waals surface area contributed by atoms with Crippen molar-refractivity contribution in [2.45, 2.75) is 13.5 Å². The van der Waals surface area contributed by atoms with Gasteiger partial charge in [-0.25, -0.2) is 9.67 Å². The van der Waals surface area contributed by atoms with Gasteiger partial charge in [-0.15, -0.1) is 0 Å². The number of amides is 2. The Kier molecular flexibility index (Phi) is 4.08. The van der Waals surface area contributed by atoms with E-state index >= 15 is 0 Å². The van der Waals surface area contributed by atoms with Gasteiger partial charge in [0.2, 0.25) is 11.8 Å². The summed E-state index contributed by atoms with van der Waals surface area (Å²) in [6.45, 7) is 2.13. The van der Waals surface area contributed by atoms with E-state index in [0.717, 1.165) is 16.6 Å². The molecule has 3 aromatic rings. The van der Waals surface area contributed by atoms with Gasteiger partial charge in [0.05, 0.1) is 6.20 Å². The van der Waals surface area contributed by atoms with Gasteiger partial charge in [-0.3, -0.25) is 14.5 Å². The number of nitrogens with zero attached hydrogens (tertiary/aromatic N) is 5. The quantitative estimate of drug-likeness (QED) is 0.709. The Hall–Kier alpha value is -2.93. The molecule has 1 fully saturated rings. The maximum atomic E-state index is 12.7. The monoisotopic (exact) mass is 369 g/mol. The van der Waals surface area contributed by atoms with Crippen LogP contribution in [-0.2, 0) is 16.1 Å². The molecule has 7 nitrogen and oxygen atoms in total. The molecule has 0 bridgehead atoms. The molecule has 0 N–H and O–H groups in total. The van der Waals surface area contributed by atoms with Crippen LogP contribution in [0.5, 0.6) is 0 Å². The van der Waals surface area contributed by atoms with Gasteiger partial charge in [-0.1, -0.05) is 17.7 Å². The zero-order chi connectivity index (χ0) is 18.3. The molecule has 4 rings (SSSR count). The Morgan fingerprint density at radius 2 is 2.12 bits per heavy atom. The molecule has 1 aliphatic rings. The number of rotatable bonds is 3. The minimum Gasteiger partial charge on any atom is -0.314 e. The molecule has 0 unspecified atom stereocenters. The van der Waals surface area contributed by atoms with Gasteiger partial charge < -0.3 is 4.90 Å². The highest BCUT2D eigenvalue weighted by molar-refractivity contribution is 6.31. The molecular weight excluding hydrogens is 354 g/mol. The van der Waals surface area contributed by atoms with Crippen molar-refractivity contribution >= 4 is 40.1 Å². The van der Waals surface area contributed by atoms with Crippen LogP contribution < -0.4 is 4.90 Å². The number of carbonyl (C=O) groups is 2. The van der Waals surface area contributed by atoms with Crippen LogP contribution in [0.2, 0.25) is 5.02 Å². The first-order valence-electron chi connectivity index (χ1n) is 8.14. The minimum atomic E-state index is -0.184. The number of benzene rings is 1. The largest absolute Gasteiger partial charge is 0.314 e. The fourth-order valence-electron chi connectivity index (χ4n) is 3.07. The van der Waals surface area contributed by atoms with E-state index in [2.05, 4.69) is 10.1 Å². The van der Waals surface area contributed by atoms with E-state index in [4.69, 9.17) is 11.6 Å². The summed E-state index contributed by atoms with van der Waals surface area (Å²) in [5.41, 5.74) is 2.19. The third-order valence-electron chi connectivity index (χ3n) is 4.50. The lowest BCUT2D eigenvalue weighted by Crippen LogP contribution is -2.34. The summed E-state index contributed by atoms with van der Waals surface area (Å²) in [6.07, 6.45) is 3.33. The summed E-state index contributed by atoms with van der Waals surface area (Å²) in [7, 11) is 0. The number of hydrogen-bond donors (Lipinski definition) is 0. The van der Waals surface area contributed by atoms with Gasteiger partial charge >= 0.3 is 0 Å². The molecule has 0 spiro atoms. The molecule has 2 aromatic heterocycles. The van der Waals surface area contributed by atoms with Gasteiger partial charge in [-0.05, 0) is 36.8 Å². The summed E-state index contributed by atoms with van der Waals surface area (Å²) < 4.78 is 1.55. The van der Waals surface area contributed by atoms with E-state index in [-0.39, 0.29) is 31.6 Å². The lowest BCUT2D eigenvalue weighted by molar-refractivity contribution is -0.132. The average molecular weight is 370 g/mol. The molecule has 8 heteroatoms. The Bertz CT molecular complexity index is 1020. The molecule has 1 aromatic carbocycles. The maximum Gasteiger partial charge on any atom is 0.248 e. The SMILES string of the molecule is Cc1c(Cl)cccc1N1CN(C(=O)Cn2ncc3cccnc32)CC1=O. The van der Waals surface area contributed by atoms with Crippen LogP contribution in [0, 0.1) is 6.92 Å². The molecule has 3 heterocycles. The van der Waals surface area contributed by atoms with E-state index in [1.54, 1.807) is 34.1 Å². The maximum absolute atomic E-state index is 12.7. The topological polar surface area (TPSA) is 71.3 Å². The van der Waals surface area contributed by atoms with Crippen molar-refractivity contribution in [1.29, 1.82) is 0 Å². The first-order valence-corrected chi connectivity index (χ1v) is 8.52. The van der Waals surface area contributed by atoms with Gasteiger partial charge in [0, 0.05) is 22.3 Å². The molecule has 0 atom stereocenters. The number of anilines is 1. The second-order valence-corrected chi connectivity index (χ2v) is 6.56. The van der Waals surface area contributed by atoms with E-state index in [1.165, 1.54) is 4.90 Å². The Labute approximate surface area is 154 Å².